The summed E-state index contributed by atoms with van der Waals surface area (Å²) in [5.41, 5.74) is 0. The van der Waals surface area contributed by atoms with Gasteiger partial charge in [0.05, 0.1) is 6.20 Å². The van der Waals surface area contributed by atoms with E-state index in [2.05, 4.69) is 15.3 Å². The smallest absolute Gasteiger partial charge is 0.183 e. The monoisotopic (exact) mass is 182 g/mol. The van der Waals surface area contributed by atoms with Crippen LogP contribution in [0.5, 0.6) is 0 Å². The lowest BCUT2D eigenvalue weighted by Crippen LogP contribution is -2.44. The fourth-order valence-corrected chi connectivity index (χ4v) is 1.42. The van der Waals surface area contributed by atoms with Gasteiger partial charge in [0.2, 0.25) is 0 Å². The van der Waals surface area contributed by atoms with E-state index in [0.717, 1.165) is 26.2 Å². The zero-order chi connectivity index (χ0) is 9.10. The molecule has 0 aromatic carbocycles. The first kappa shape index (κ1) is 8.37. The molecular weight excluding hydrogens is 171 g/mol. The Balaban J connectivity index is 2.18. The van der Waals surface area contributed by atoms with E-state index < -0.39 is 0 Å². The van der Waals surface area contributed by atoms with Crippen LogP contribution in [0.25, 0.3) is 0 Å². The quantitative estimate of drug-likeness (QED) is 0.665. The molecule has 0 amide bonds. The molecule has 1 saturated heterocycles. The molecule has 0 bridgehead atoms. The molecule has 1 aliphatic rings. The van der Waals surface area contributed by atoms with Crippen molar-refractivity contribution in [2.24, 2.45) is 0 Å². The summed E-state index contributed by atoms with van der Waals surface area (Å²) in [5.74, 6) is 0.0703. The number of nitrogens with zero attached hydrogens (tertiary/aromatic N) is 3. The van der Waals surface area contributed by atoms with Gasteiger partial charge in [-0.1, -0.05) is 0 Å². The van der Waals surface area contributed by atoms with Gasteiger partial charge in [0.15, 0.2) is 11.6 Å². The van der Waals surface area contributed by atoms with E-state index in [1.54, 1.807) is 0 Å². The minimum atomic E-state index is -0.343. The lowest BCUT2D eigenvalue weighted by molar-refractivity contribution is 0.555. The van der Waals surface area contributed by atoms with Crippen LogP contribution in [-0.4, -0.2) is 36.1 Å². The van der Waals surface area contributed by atoms with E-state index in [1.807, 2.05) is 4.90 Å². The second-order valence-electron chi connectivity index (χ2n) is 2.93. The van der Waals surface area contributed by atoms with Gasteiger partial charge in [-0.3, -0.25) is 0 Å². The zero-order valence-corrected chi connectivity index (χ0v) is 7.20. The molecule has 1 aromatic rings. The van der Waals surface area contributed by atoms with E-state index in [0.29, 0.717) is 5.82 Å². The molecule has 0 saturated carbocycles. The van der Waals surface area contributed by atoms with Crippen molar-refractivity contribution < 1.29 is 4.39 Å². The number of anilines is 1. The van der Waals surface area contributed by atoms with Crippen LogP contribution in [0.4, 0.5) is 10.2 Å². The molecule has 0 radical (unpaired) electrons. The second-order valence-corrected chi connectivity index (χ2v) is 2.93. The topological polar surface area (TPSA) is 41.1 Å². The van der Waals surface area contributed by atoms with Gasteiger partial charge in [0, 0.05) is 26.2 Å². The van der Waals surface area contributed by atoms with Crippen LogP contribution in [-0.2, 0) is 0 Å². The number of aromatic nitrogens is 2. The van der Waals surface area contributed by atoms with Crippen LogP contribution in [0.1, 0.15) is 0 Å². The Bertz CT molecular complexity index is 285. The highest BCUT2D eigenvalue weighted by Crippen LogP contribution is 2.13. The average molecular weight is 182 g/mol. The molecule has 4 nitrogen and oxygen atoms in total. The molecule has 0 spiro atoms. The average Bonchev–Trinajstić information content (AvgIpc) is 2.20. The minimum Gasteiger partial charge on any atom is -0.352 e. The van der Waals surface area contributed by atoms with E-state index in [1.165, 1.54) is 12.5 Å². The Morgan fingerprint density at radius 3 is 2.85 bits per heavy atom. The summed E-state index contributed by atoms with van der Waals surface area (Å²) >= 11 is 0. The Labute approximate surface area is 75.8 Å². The third-order valence-corrected chi connectivity index (χ3v) is 2.06. The van der Waals surface area contributed by atoms with Gasteiger partial charge in [-0.25, -0.2) is 14.4 Å². The van der Waals surface area contributed by atoms with Gasteiger partial charge in [-0.15, -0.1) is 0 Å². The van der Waals surface area contributed by atoms with Crippen LogP contribution < -0.4 is 10.2 Å². The zero-order valence-electron chi connectivity index (χ0n) is 7.20. The number of hydrogen-bond acceptors (Lipinski definition) is 4. The highest BCUT2D eigenvalue weighted by molar-refractivity contribution is 5.38. The van der Waals surface area contributed by atoms with Crippen molar-refractivity contribution in [3.8, 4) is 0 Å². The van der Waals surface area contributed by atoms with Gasteiger partial charge in [-0.05, 0) is 0 Å². The SMILES string of the molecule is Fc1cncnc1N1CCNCC1. The molecule has 1 fully saturated rings. The number of piperazine rings is 1. The molecule has 2 rings (SSSR count). The second kappa shape index (κ2) is 3.66. The maximum absolute atomic E-state index is 13.2. The van der Waals surface area contributed by atoms with Gasteiger partial charge < -0.3 is 10.2 Å². The molecule has 13 heavy (non-hydrogen) atoms. The number of rotatable bonds is 1. The summed E-state index contributed by atoms with van der Waals surface area (Å²) in [7, 11) is 0. The van der Waals surface area contributed by atoms with Gasteiger partial charge in [-0.2, -0.15) is 0 Å². The Morgan fingerprint density at radius 2 is 2.15 bits per heavy atom. The van der Waals surface area contributed by atoms with Crippen LogP contribution in [0.15, 0.2) is 12.5 Å². The van der Waals surface area contributed by atoms with E-state index >= 15 is 0 Å². The predicted octanol–water partition coefficient (Wildman–Crippen LogP) is 0.0253. The van der Waals surface area contributed by atoms with Crippen molar-refractivity contribution in [3.63, 3.8) is 0 Å². The molecular formula is C8H11FN4. The van der Waals surface area contributed by atoms with Gasteiger partial charge >= 0.3 is 0 Å². The number of nitrogens with one attached hydrogen (secondary N) is 1. The van der Waals surface area contributed by atoms with E-state index in [-0.39, 0.29) is 5.82 Å². The Kier molecular flexibility index (Phi) is 2.35. The summed E-state index contributed by atoms with van der Waals surface area (Å²) in [6.07, 6.45) is 2.57. The van der Waals surface area contributed by atoms with Crippen LogP contribution >= 0.6 is 0 Å². The minimum absolute atomic E-state index is 0.343. The summed E-state index contributed by atoms with van der Waals surface area (Å²) in [6, 6.07) is 0. The van der Waals surface area contributed by atoms with Crippen LogP contribution in [0, 0.1) is 5.82 Å². The summed E-state index contributed by atoms with van der Waals surface area (Å²) in [6.45, 7) is 3.36. The fraction of sp³-hybridized carbons (Fsp3) is 0.500. The van der Waals surface area contributed by atoms with Crippen molar-refractivity contribution in [1.29, 1.82) is 0 Å². The van der Waals surface area contributed by atoms with Crippen LogP contribution in [0.3, 0.4) is 0 Å². The van der Waals surface area contributed by atoms with E-state index in [9.17, 15) is 4.39 Å². The van der Waals surface area contributed by atoms with Crippen molar-refractivity contribution in [3.05, 3.63) is 18.3 Å². The van der Waals surface area contributed by atoms with Crippen LogP contribution in [0.2, 0.25) is 0 Å². The summed E-state index contributed by atoms with van der Waals surface area (Å²) in [4.78, 5) is 9.45. The van der Waals surface area contributed by atoms with Crippen molar-refractivity contribution in [1.82, 2.24) is 15.3 Å². The van der Waals surface area contributed by atoms with Gasteiger partial charge in [0.25, 0.3) is 0 Å². The molecule has 1 N–H and O–H groups in total. The third kappa shape index (κ3) is 1.75. The largest absolute Gasteiger partial charge is 0.352 e. The molecule has 70 valence electrons. The first-order chi connectivity index (χ1) is 6.38. The standard InChI is InChI=1S/C8H11FN4/c9-7-5-11-6-12-8(7)13-3-1-10-2-4-13/h5-6,10H,1-4H2. The molecule has 2 heterocycles. The lowest BCUT2D eigenvalue weighted by atomic mass is 10.3. The Hall–Kier alpha value is -1.23. The lowest BCUT2D eigenvalue weighted by Gasteiger charge is -2.28. The molecule has 1 aromatic heterocycles. The molecule has 0 unspecified atom stereocenters. The molecule has 5 heteroatoms. The first-order valence-corrected chi connectivity index (χ1v) is 4.29. The maximum atomic E-state index is 13.2. The highest BCUT2D eigenvalue weighted by atomic mass is 19.1. The molecule has 1 aliphatic heterocycles. The molecule has 0 atom stereocenters. The Morgan fingerprint density at radius 1 is 1.38 bits per heavy atom. The van der Waals surface area contributed by atoms with E-state index in [4.69, 9.17) is 0 Å². The molecule has 0 aliphatic carbocycles. The van der Waals surface area contributed by atoms with Gasteiger partial charge in [0.1, 0.15) is 6.33 Å². The fourth-order valence-electron chi connectivity index (χ4n) is 1.42. The predicted molar refractivity (Wildman–Crippen MR) is 47.1 cm³/mol. The number of halogens is 1. The maximum Gasteiger partial charge on any atom is 0.183 e. The normalized spacial score (nSPS) is 17.5. The van der Waals surface area contributed by atoms with Crippen molar-refractivity contribution >= 4 is 5.82 Å². The van der Waals surface area contributed by atoms with Crippen molar-refractivity contribution in [2.45, 2.75) is 0 Å². The third-order valence-electron chi connectivity index (χ3n) is 2.06. The summed E-state index contributed by atoms with van der Waals surface area (Å²) < 4.78 is 13.2. The first-order valence-electron chi connectivity index (χ1n) is 4.29. The highest BCUT2D eigenvalue weighted by Gasteiger charge is 2.14. The summed E-state index contributed by atoms with van der Waals surface area (Å²) in [5, 5.41) is 3.20. The van der Waals surface area contributed by atoms with Crippen molar-refractivity contribution in [2.75, 3.05) is 31.1 Å². The number of hydrogen-bond donors (Lipinski definition) is 1.